The first kappa shape index (κ1) is 9.66. The summed E-state index contributed by atoms with van der Waals surface area (Å²) in [7, 11) is 0. The van der Waals surface area contributed by atoms with Crippen LogP contribution >= 0.6 is 0 Å². The van der Waals surface area contributed by atoms with Crippen molar-refractivity contribution in [3.8, 4) is 0 Å². The van der Waals surface area contributed by atoms with Gasteiger partial charge in [-0.2, -0.15) is 0 Å². The van der Waals surface area contributed by atoms with E-state index >= 15 is 0 Å². The largest absolute Gasteiger partial charge is 0.348 e. The van der Waals surface area contributed by atoms with Gasteiger partial charge in [-0.3, -0.25) is 9.89 Å². The van der Waals surface area contributed by atoms with Gasteiger partial charge in [0.05, 0.1) is 0 Å². The monoisotopic (exact) mass is 183 g/mol. The van der Waals surface area contributed by atoms with Crippen LogP contribution in [-0.4, -0.2) is 34.2 Å². The highest BCUT2D eigenvalue weighted by atomic mass is 16.2. The second-order valence-electron chi connectivity index (χ2n) is 2.50. The number of aryl methyl sites for hydroxylation is 1. The van der Waals surface area contributed by atoms with Crippen LogP contribution in [0, 0.1) is 0 Å². The van der Waals surface area contributed by atoms with Crippen molar-refractivity contribution < 1.29 is 4.79 Å². The Morgan fingerprint density at radius 3 is 3.00 bits per heavy atom. The Morgan fingerprint density at radius 2 is 2.46 bits per heavy atom. The summed E-state index contributed by atoms with van der Waals surface area (Å²) in [6.07, 6.45) is 0.733. The molecule has 0 aliphatic carbocycles. The molecule has 6 heteroatoms. The van der Waals surface area contributed by atoms with Crippen molar-refractivity contribution in [1.29, 1.82) is 0 Å². The second-order valence-corrected chi connectivity index (χ2v) is 2.50. The highest BCUT2D eigenvalue weighted by Gasteiger charge is 2.09. The van der Waals surface area contributed by atoms with Gasteiger partial charge in [0, 0.05) is 19.5 Å². The molecule has 0 saturated carbocycles. The highest BCUT2D eigenvalue weighted by molar-refractivity contribution is 5.90. The van der Waals surface area contributed by atoms with E-state index in [0.29, 0.717) is 18.9 Å². The first-order valence-corrected chi connectivity index (χ1v) is 4.17. The fourth-order valence-electron chi connectivity index (χ4n) is 0.820. The summed E-state index contributed by atoms with van der Waals surface area (Å²) in [5.41, 5.74) is 5.22. The van der Waals surface area contributed by atoms with E-state index in [1.165, 1.54) is 0 Å². The molecule has 0 aliphatic heterocycles. The number of carbonyl (C=O) groups excluding carboxylic acids is 1. The summed E-state index contributed by atoms with van der Waals surface area (Å²) in [6.45, 7) is 2.79. The number of aromatic nitrogens is 3. The van der Waals surface area contributed by atoms with Crippen molar-refractivity contribution in [1.82, 2.24) is 20.5 Å². The lowest BCUT2D eigenvalue weighted by atomic mass is 10.4. The molecule has 1 aromatic heterocycles. The lowest BCUT2D eigenvalue weighted by Gasteiger charge is -1.97. The molecule has 1 rings (SSSR count). The molecule has 1 heterocycles. The number of nitrogens with zero attached hydrogens (tertiary/aromatic N) is 2. The average molecular weight is 183 g/mol. The summed E-state index contributed by atoms with van der Waals surface area (Å²) in [6, 6.07) is 0. The van der Waals surface area contributed by atoms with Crippen LogP contribution in [0.1, 0.15) is 23.4 Å². The van der Waals surface area contributed by atoms with Gasteiger partial charge < -0.3 is 11.1 Å². The lowest BCUT2D eigenvalue weighted by Crippen LogP contribution is -2.29. The van der Waals surface area contributed by atoms with Crippen molar-refractivity contribution in [2.24, 2.45) is 5.73 Å². The Morgan fingerprint density at radius 1 is 1.69 bits per heavy atom. The van der Waals surface area contributed by atoms with Gasteiger partial charge >= 0.3 is 0 Å². The lowest BCUT2D eigenvalue weighted by molar-refractivity contribution is 0.0944. The number of rotatable bonds is 4. The zero-order valence-corrected chi connectivity index (χ0v) is 7.50. The highest BCUT2D eigenvalue weighted by Crippen LogP contribution is 1.92. The van der Waals surface area contributed by atoms with Crippen LogP contribution in [0.25, 0.3) is 0 Å². The quantitative estimate of drug-likeness (QED) is 0.561. The minimum absolute atomic E-state index is 0.172. The van der Waals surface area contributed by atoms with Crippen LogP contribution in [-0.2, 0) is 6.42 Å². The van der Waals surface area contributed by atoms with Gasteiger partial charge in [-0.05, 0) is 0 Å². The summed E-state index contributed by atoms with van der Waals surface area (Å²) in [4.78, 5) is 15.2. The van der Waals surface area contributed by atoms with Crippen LogP contribution < -0.4 is 11.1 Å². The van der Waals surface area contributed by atoms with Crippen molar-refractivity contribution in [2.45, 2.75) is 13.3 Å². The number of aromatic amines is 1. The smallest absolute Gasteiger partial charge is 0.291 e. The van der Waals surface area contributed by atoms with E-state index in [1.807, 2.05) is 6.92 Å². The van der Waals surface area contributed by atoms with Crippen LogP contribution in [0.15, 0.2) is 0 Å². The number of hydrogen-bond donors (Lipinski definition) is 3. The molecule has 13 heavy (non-hydrogen) atoms. The molecule has 1 amide bonds. The van der Waals surface area contributed by atoms with Gasteiger partial charge in [0.1, 0.15) is 5.82 Å². The molecular weight excluding hydrogens is 170 g/mol. The van der Waals surface area contributed by atoms with E-state index in [0.717, 1.165) is 6.42 Å². The van der Waals surface area contributed by atoms with Gasteiger partial charge in [0.25, 0.3) is 5.91 Å². The van der Waals surface area contributed by atoms with E-state index in [4.69, 9.17) is 5.73 Å². The average Bonchev–Trinajstić information content (AvgIpc) is 2.62. The third kappa shape index (κ3) is 2.51. The molecular formula is C7H13N5O. The third-order valence-corrected chi connectivity index (χ3v) is 1.50. The van der Waals surface area contributed by atoms with Crippen LogP contribution in [0.3, 0.4) is 0 Å². The van der Waals surface area contributed by atoms with Crippen LogP contribution in [0.2, 0.25) is 0 Å². The van der Waals surface area contributed by atoms with Crippen molar-refractivity contribution >= 4 is 5.91 Å². The Balaban J connectivity index is 2.55. The summed E-state index contributed by atoms with van der Waals surface area (Å²) in [5.74, 6) is 0.588. The molecule has 72 valence electrons. The van der Waals surface area contributed by atoms with E-state index in [2.05, 4.69) is 20.5 Å². The number of carbonyl (C=O) groups is 1. The van der Waals surface area contributed by atoms with E-state index in [9.17, 15) is 4.79 Å². The maximum atomic E-state index is 11.2. The topological polar surface area (TPSA) is 96.7 Å². The molecule has 0 aromatic carbocycles. The second kappa shape index (κ2) is 4.56. The minimum atomic E-state index is -0.290. The van der Waals surface area contributed by atoms with Crippen LogP contribution in [0.5, 0.6) is 0 Å². The molecule has 0 atom stereocenters. The first-order valence-electron chi connectivity index (χ1n) is 4.17. The number of hydrogen-bond acceptors (Lipinski definition) is 4. The molecule has 0 fully saturated rings. The van der Waals surface area contributed by atoms with Gasteiger partial charge in [0.2, 0.25) is 5.82 Å². The third-order valence-electron chi connectivity index (χ3n) is 1.50. The molecule has 6 nitrogen and oxygen atoms in total. The van der Waals surface area contributed by atoms with Gasteiger partial charge in [-0.1, -0.05) is 6.92 Å². The molecule has 1 aromatic rings. The van der Waals surface area contributed by atoms with Crippen molar-refractivity contribution in [3.63, 3.8) is 0 Å². The Hall–Kier alpha value is -1.43. The number of H-pyrrole nitrogens is 1. The predicted molar refractivity (Wildman–Crippen MR) is 47.1 cm³/mol. The van der Waals surface area contributed by atoms with Crippen LogP contribution in [0.4, 0.5) is 0 Å². The summed E-state index contributed by atoms with van der Waals surface area (Å²) >= 11 is 0. The standard InChI is InChI=1S/C7H13N5O/c1-2-5-10-6(12-11-5)7(13)9-4-3-8/h2-4,8H2,1H3,(H,9,13)(H,10,11,12). The molecule has 4 N–H and O–H groups in total. The number of nitrogens with one attached hydrogen (secondary N) is 2. The van der Waals surface area contributed by atoms with Crippen molar-refractivity contribution in [3.05, 3.63) is 11.6 Å². The fourth-order valence-corrected chi connectivity index (χ4v) is 0.820. The zero-order chi connectivity index (χ0) is 9.68. The van der Waals surface area contributed by atoms with Crippen molar-refractivity contribution in [2.75, 3.05) is 13.1 Å². The Kier molecular flexibility index (Phi) is 3.39. The maximum Gasteiger partial charge on any atom is 0.291 e. The predicted octanol–water partition coefficient (Wildman–Crippen LogP) is -0.944. The van der Waals surface area contributed by atoms with E-state index in [-0.39, 0.29) is 11.7 Å². The Bertz CT molecular complexity index is 282. The molecule has 0 spiro atoms. The first-order chi connectivity index (χ1) is 6.27. The number of amides is 1. The van der Waals surface area contributed by atoms with E-state index < -0.39 is 0 Å². The SMILES string of the molecule is CCc1nc(C(=O)NCCN)n[nH]1. The zero-order valence-electron chi connectivity index (χ0n) is 7.50. The molecule has 0 saturated heterocycles. The minimum Gasteiger partial charge on any atom is -0.348 e. The molecule has 0 bridgehead atoms. The van der Waals surface area contributed by atoms with Gasteiger partial charge in [0.15, 0.2) is 0 Å². The Labute approximate surface area is 75.9 Å². The number of nitrogens with two attached hydrogens (primary N) is 1. The maximum absolute atomic E-state index is 11.2. The van der Waals surface area contributed by atoms with Gasteiger partial charge in [-0.15, -0.1) is 5.10 Å². The molecule has 0 aliphatic rings. The van der Waals surface area contributed by atoms with Gasteiger partial charge in [-0.25, -0.2) is 4.98 Å². The molecule has 0 radical (unpaired) electrons. The van der Waals surface area contributed by atoms with E-state index in [1.54, 1.807) is 0 Å². The molecule has 0 unspecified atom stereocenters. The summed E-state index contributed by atoms with van der Waals surface area (Å²) in [5, 5.41) is 8.99. The normalized spacial score (nSPS) is 10.0. The fraction of sp³-hybridized carbons (Fsp3) is 0.571. The summed E-state index contributed by atoms with van der Waals surface area (Å²) < 4.78 is 0.